The predicted octanol–water partition coefficient (Wildman–Crippen LogP) is 2.14. The molecule has 1 aromatic rings. The highest BCUT2D eigenvalue weighted by molar-refractivity contribution is 8.03. The van der Waals surface area contributed by atoms with Crippen LogP contribution < -0.4 is 0 Å². The molecule has 3 rings (SSSR count). The summed E-state index contributed by atoms with van der Waals surface area (Å²) in [6, 6.07) is 8.51. The molecule has 0 bridgehead atoms. The minimum absolute atomic E-state index is 0.0347. The average molecular weight is 312 g/mol. The van der Waals surface area contributed by atoms with Crippen molar-refractivity contribution < 1.29 is 16.8 Å². The van der Waals surface area contributed by atoms with Gasteiger partial charge in [0.2, 0.25) is 0 Å². The van der Waals surface area contributed by atoms with Crippen LogP contribution in [0, 0.1) is 0 Å². The average Bonchev–Trinajstić information content (AvgIpc) is 3.29. The van der Waals surface area contributed by atoms with Gasteiger partial charge in [0.15, 0.2) is 19.7 Å². The monoisotopic (exact) mass is 312 g/mol. The van der Waals surface area contributed by atoms with Crippen LogP contribution in [0.15, 0.2) is 35.7 Å². The molecule has 2 aliphatic carbocycles. The summed E-state index contributed by atoms with van der Waals surface area (Å²) in [5.74, 6) is 0. The van der Waals surface area contributed by atoms with Crippen molar-refractivity contribution in [1.82, 2.24) is 0 Å². The molecule has 2 saturated carbocycles. The van der Waals surface area contributed by atoms with Crippen molar-refractivity contribution in [3.05, 3.63) is 41.3 Å². The lowest BCUT2D eigenvalue weighted by molar-refractivity contribution is 0.600. The lowest BCUT2D eigenvalue weighted by atomic mass is 10.2. The van der Waals surface area contributed by atoms with Crippen LogP contribution in [0.2, 0.25) is 0 Å². The maximum Gasteiger partial charge on any atom is 0.182 e. The van der Waals surface area contributed by atoms with Crippen molar-refractivity contribution in [1.29, 1.82) is 0 Å². The molecular formula is C14H16O4S2. The van der Waals surface area contributed by atoms with E-state index < -0.39 is 30.2 Å². The molecule has 0 N–H and O–H groups in total. The van der Waals surface area contributed by atoms with E-state index in [0.29, 0.717) is 31.2 Å². The molecular weight excluding hydrogens is 296 g/mol. The van der Waals surface area contributed by atoms with Crippen LogP contribution in [0.3, 0.4) is 0 Å². The van der Waals surface area contributed by atoms with E-state index in [1.807, 2.05) is 0 Å². The molecule has 108 valence electrons. The molecule has 6 heteroatoms. The normalized spacial score (nSPS) is 20.9. The zero-order valence-corrected chi connectivity index (χ0v) is 12.5. The minimum Gasteiger partial charge on any atom is -0.224 e. The van der Waals surface area contributed by atoms with Crippen molar-refractivity contribution in [3.8, 4) is 0 Å². The van der Waals surface area contributed by atoms with Crippen molar-refractivity contribution in [2.24, 2.45) is 0 Å². The smallest absolute Gasteiger partial charge is 0.182 e. The summed E-state index contributed by atoms with van der Waals surface area (Å²) in [5.41, 5.74) is 0.462. The van der Waals surface area contributed by atoms with Gasteiger partial charge in [0.1, 0.15) is 0 Å². The first-order valence-electron chi connectivity index (χ1n) is 6.66. The van der Waals surface area contributed by atoms with Crippen molar-refractivity contribution in [3.63, 3.8) is 0 Å². The van der Waals surface area contributed by atoms with Gasteiger partial charge in [-0.1, -0.05) is 30.3 Å². The van der Waals surface area contributed by atoms with Crippen LogP contribution >= 0.6 is 0 Å². The Balaban J connectivity index is 2.11. The maximum atomic E-state index is 12.5. The molecule has 0 unspecified atom stereocenters. The summed E-state index contributed by atoms with van der Waals surface area (Å²) >= 11 is 0. The van der Waals surface area contributed by atoms with Crippen LogP contribution in [0.5, 0.6) is 0 Å². The summed E-state index contributed by atoms with van der Waals surface area (Å²) in [6.45, 7) is 0. The van der Waals surface area contributed by atoms with Crippen LogP contribution in [0.1, 0.15) is 31.2 Å². The Morgan fingerprint density at radius 2 is 1.45 bits per heavy atom. The van der Waals surface area contributed by atoms with Crippen LogP contribution in [0.25, 0.3) is 4.91 Å². The molecule has 2 aliphatic rings. The van der Waals surface area contributed by atoms with E-state index in [1.54, 1.807) is 30.3 Å². The van der Waals surface area contributed by atoms with Crippen LogP contribution in [0.4, 0.5) is 0 Å². The highest BCUT2D eigenvalue weighted by Gasteiger charge is 2.41. The molecule has 0 atom stereocenters. The van der Waals surface area contributed by atoms with Crippen molar-refractivity contribution >= 4 is 24.6 Å². The quantitative estimate of drug-likeness (QED) is 0.835. The molecule has 20 heavy (non-hydrogen) atoms. The Morgan fingerprint density at radius 1 is 0.900 bits per heavy atom. The Morgan fingerprint density at radius 3 is 1.95 bits per heavy atom. The van der Waals surface area contributed by atoms with Gasteiger partial charge in [-0.3, -0.25) is 0 Å². The summed E-state index contributed by atoms with van der Waals surface area (Å²) in [5, 5.41) is 0.187. The minimum atomic E-state index is -3.54. The van der Waals surface area contributed by atoms with Gasteiger partial charge >= 0.3 is 0 Å². The highest BCUT2D eigenvalue weighted by Crippen LogP contribution is 2.39. The van der Waals surface area contributed by atoms with Gasteiger partial charge in [-0.15, -0.1) is 0 Å². The van der Waals surface area contributed by atoms with Gasteiger partial charge < -0.3 is 0 Å². The van der Waals surface area contributed by atoms with Gasteiger partial charge in [0.05, 0.1) is 20.8 Å². The second kappa shape index (κ2) is 4.70. The molecule has 1 aromatic carbocycles. The lowest BCUT2D eigenvalue weighted by Crippen LogP contribution is -2.12. The van der Waals surface area contributed by atoms with E-state index in [-0.39, 0.29) is 4.91 Å². The fraction of sp³-hybridized carbons (Fsp3) is 0.429. The van der Waals surface area contributed by atoms with Crippen molar-refractivity contribution in [2.45, 2.75) is 36.2 Å². The SMILES string of the molecule is O=S(=O)(/C=C(\c1ccccc1)S(=O)(=O)C1CC1)C1CC1. The van der Waals surface area contributed by atoms with Gasteiger partial charge in [-0.25, -0.2) is 16.8 Å². The van der Waals surface area contributed by atoms with Gasteiger partial charge in [0.25, 0.3) is 0 Å². The number of rotatable bonds is 5. The molecule has 4 nitrogen and oxygen atoms in total. The number of sulfone groups is 2. The van der Waals surface area contributed by atoms with Gasteiger partial charge in [-0.2, -0.15) is 0 Å². The standard InChI is InChI=1S/C14H16O4S2/c15-19(16,12-6-7-12)10-14(11-4-2-1-3-5-11)20(17,18)13-8-9-13/h1-5,10,12-13H,6-9H2/b14-10+. The Hall–Kier alpha value is -1.14. The summed E-state index contributed by atoms with van der Waals surface area (Å²) in [7, 11) is -7.00. The molecule has 0 amide bonds. The first kappa shape index (κ1) is 13.8. The van der Waals surface area contributed by atoms with E-state index in [9.17, 15) is 16.8 Å². The zero-order valence-electron chi connectivity index (χ0n) is 10.9. The lowest BCUT2D eigenvalue weighted by Gasteiger charge is -2.09. The van der Waals surface area contributed by atoms with E-state index in [0.717, 1.165) is 5.41 Å². The molecule has 0 heterocycles. The Bertz CT molecular complexity index is 738. The third-order valence-corrected chi connectivity index (χ3v) is 8.02. The number of hydrogen-bond donors (Lipinski definition) is 0. The van der Waals surface area contributed by atoms with E-state index in [4.69, 9.17) is 0 Å². The summed E-state index contributed by atoms with van der Waals surface area (Å²) < 4.78 is 49.2. The zero-order chi connectivity index (χ0) is 14.4. The third kappa shape index (κ3) is 2.67. The Kier molecular flexibility index (Phi) is 3.25. The van der Waals surface area contributed by atoms with Gasteiger partial charge in [-0.05, 0) is 31.2 Å². The predicted molar refractivity (Wildman–Crippen MR) is 78.3 cm³/mol. The van der Waals surface area contributed by atoms with Crippen LogP contribution in [-0.4, -0.2) is 27.3 Å². The maximum absolute atomic E-state index is 12.5. The topological polar surface area (TPSA) is 68.3 Å². The molecule has 0 saturated heterocycles. The van der Waals surface area contributed by atoms with E-state index >= 15 is 0 Å². The van der Waals surface area contributed by atoms with Crippen LogP contribution in [-0.2, 0) is 19.7 Å². The first-order valence-corrected chi connectivity index (χ1v) is 9.82. The second-order valence-electron chi connectivity index (χ2n) is 5.38. The third-order valence-electron chi connectivity index (χ3n) is 3.59. The van der Waals surface area contributed by atoms with E-state index in [2.05, 4.69) is 0 Å². The van der Waals surface area contributed by atoms with Gasteiger partial charge in [0, 0.05) is 0 Å². The molecule has 0 spiro atoms. The molecule has 2 fully saturated rings. The second-order valence-corrected chi connectivity index (χ2v) is 9.66. The first-order chi connectivity index (χ1) is 9.41. The Labute approximate surface area is 119 Å². The molecule has 0 aromatic heterocycles. The van der Waals surface area contributed by atoms with Crippen molar-refractivity contribution in [2.75, 3.05) is 0 Å². The fourth-order valence-electron chi connectivity index (χ4n) is 2.10. The summed E-state index contributed by atoms with van der Waals surface area (Å²) in [4.78, 5) is -0.0347. The largest absolute Gasteiger partial charge is 0.224 e. The summed E-state index contributed by atoms with van der Waals surface area (Å²) in [6.07, 6.45) is 2.50. The molecule has 0 aliphatic heterocycles. The fourth-order valence-corrected chi connectivity index (χ4v) is 6.04. The highest BCUT2D eigenvalue weighted by atomic mass is 32.2. The number of hydrogen-bond acceptors (Lipinski definition) is 4. The molecule has 0 radical (unpaired) electrons. The number of benzene rings is 1. The van der Waals surface area contributed by atoms with E-state index in [1.165, 1.54) is 0 Å².